The minimum atomic E-state index is -0.732. The Labute approximate surface area is 198 Å². The minimum absolute atomic E-state index is 0.0989. The molecule has 1 saturated heterocycles. The van der Waals surface area contributed by atoms with Gasteiger partial charge in [0.15, 0.2) is 0 Å². The number of aryl methyl sites for hydroxylation is 2. The van der Waals surface area contributed by atoms with E-state index in [0.717, 1.165) is 31.2 Å². The molecule has 2 heterocycles. The fourth-order valence-electron chi connectivity index (χ4n) is 4.88. The van der Waals surface area contributed by atoms with Crippen molar-refractivity contribution in [2.24, 2.45) is 0 Å². The van der Waals surface area contributed by atoms with E-state index in [-0.39, 0.29) is 17.9 Å². The van der Waals surface area contributed by atoms with Gasteiger partial charge in [-0.25, -0.2) is 0 Å². The topological polar surface area (TPSA) is 79.7 Å². The summed E-state index contributed by atoms with van der Waals surface area (Å²) in [7, 11) is 1.58. The zero-order valence-corrected chi connectivity index (χ0v) is 19.0. The lowest BCUT2D eigenvalue weighted by Gasteiger charge is -2.25. The van der Waals surface area contributed by atoms with Gasteiger partial charge in [-0.3, -0.25) is 14.6 Å². The molecule has 2 aliphatic rings. The monoisotopic (exact) mass is 454 g/mol. The second kappa shape index (κ2) is 9.14. The number of ether oxygens (including phenoxy) is 1. The van der Waals surface area contributed by atoms with E-state index in [1.165, 1.54) is 16.0 Å². The highest BCUT2D eigenvalue weighted by Crippen LogP contribution is 2.41. The standard InChI is InChI=1S/C28H26N2O4/c1-34-23-13-11-19(12-14-23)25-24(26(31)21-10-9-18-6-2-3-7-20(18)16-21)27(32)28(33)30(25)17-22-8-4-5-15-29-22/h4-5,8-16,25,31H,2-3,6-7,17H2,1H3/b26-24-. The van der Waals surface area contributed by atoms with Crippen LogP contribution in [-0.2, 0) is 29.0 Å². The average molecular weight is 455 g/mol. The molecule has 1 atom stereocenters. The molecule has 1 N–H and O–H groups in total. The van der Waals surface area contributed by atoms with Gasteiger partial charge in [0.2, 0.25) is 0 Å². The van der Waals surface area contributed by atoms with Crippen LogP contribution in [0, 0.1) is 0 Å². The van der Waals surface area contributed by atoms with E-state index < -0.39 is 17.7 Å². The third-order valence-electron chi connectivity index (χ3n) is 6.65. The summed E-state index contributed by atoms with van der Waals surface area (Å²) in [5, 5.41) is 11.4. The van der Waals surface area contributed by atoms with E-state index in [4.69, 9.17) is 4.74 Å². The molecular formula is C28H26N2O4. The van der Waals surface area contributed by atoms with Crippen LogP contribution < -0.4 is 4.74 Å². The highest BCUT2D eigenvalue weighted by molar-refractivity contribution is 6.46. The van der Waals surface area contributed by atoms with Crippen LogP contribution in [0.3, 0.4) is 0 Å². The van der Waals surface area contributed by atoms with E-state index in [1.807, 2.05) is 42.5 Å². The molecule has 1 aromatic heterocycles. The molecule has 172 valence electrons. The molecule has 6 heteroatoms. The van der Waals surface area contributed by atoms with Gasteiger partial charge in [-0.2, -0.15) is 0 Å². The number of methoxy groups -OCH3 is 1. The van der Waals surface area contributed by atoms with Gasteiger partial charge in [0, 0.05) is 11.8 Å². The molecule has 0 spiro atoms. The number of rotatable bonds is 5. The number of aliphatic hydroxyl groups excluding tert-OH is 1. The van der Waals surface area contributed by atoms with Crippen LogP contribution in [0.4, 0.5) is 0 Å². The summed E-state index contributed by atoms with van der Waals surface area (Å²) in [6.07, 6.45) is 5.90. The maximum Gasteiger partial charge on any atom is 0.296 e. The normalized spacial score (nSPS) is 19.2. The molecule has 0 radical (unpaired) electrons. The summed E-state index contributed by atoms with van der Waals surface area (Å²) in [4.78, 5) is 32.2. The predicted molar refractivity (Wildman–Crippen MR) is 128 cm³/mol. The maximum atomic E-state index is 13.3. The Hall–Kier alpha value is -3.93. The molecular weight excluding hydrogens is 428 g/mol. The number of hydrogen-bond acceptors (Lipinski definition) is 5. The molecule has 6 nitrogen and oxygen atoms in total. The lowest BCUT2D eigenvalue weighted by atomic mass is 9.88. The summed E-state index contributed by atoms with van der Waals surface area (Å²) < 4.78 is 5.27. The second-order valence-corrected chi connectivity index (χ2v) is 8.71. The van der Waals surface area contributed by atoms with Crippen LogP contribution >= 0.6 is 0 Å². The van der Waals surface area contributed by atoms with Crippen LogP contribution in [0.15, 0.2) is 72.4 Å². The molecule has 1 unspecified atom stereocenters. The number of nitrogens with zero attached hydrogens (tertiary/aromatic N) is 2. The number of pyridine rings is 1. The first-order chi connectivity index (χ1) is 16.6. The summed E-state index contributed by atoms with van der Waals surface area (Å²) in [5.74, 6) is -0.811. The van der Waals surface area contributed by atoms with Crippen molar-refractivity contribution < 1.29 is 19.4 Å². The summed E-state index contributed by atoms with van der Waals surface area (Å²) in [6, 6.07) is 17.8. The third-order valence-corrected chi connectivity index (χ3v) is 6.65. The number of aromatic nitrogens is 1. The molecule has 34 heavy (non-hydrogen) atoms. The number of Topliss-reactive ketones (excluding diaryl/α,β-unsaturated/α-hetero) is 1. The average Bonchev–Trinajstić information content (AvgIpc) is 3.13. The third kappa shape index (κ3) is 3.96. The van der Waals surface area contributed by atoms with Crippen molar-refractivity contribution in [2.75, 3.05) is 7.11 Å². The van der Waals surface area contributed by atoms with Crippen molar-refractivity contribution in [3.05, 3.63) is 100 Å². The Bertz CT molecular complexity index is 1270. The van der Waals surface area contributed by atoms with Gasteiger partial charge >= 0.3 is 0 Å². The highest BCUT2D eigenvalue weighted by atomic mass is 16.5. The van der Waals surface area contributed by atoms with E-state index >= 15 is 0 Å². The van der Waals surface area contributed by atoms with Crippen molar-refractivity contribution in [2.45, 2.75) is 38.3 Å². The van der Waals surface area contributed by atoms with Crippen molar-refractivity contribution in [3.63, 3.8) is 0 Å². The molecule has 3 aromatic rings. The van der Waals surface area contributed by atoms with E-state index in [0.29, 0.717) is 17.0 Å². The first-order valence-electron chi connectivity index (χ1n) is 11.5. The first-order valence-corrected chi connectivity index (χ1v) is 11.5. The zero-order chi connectivity index (χ0) is 23.7. The number of hydrogen-bond donors (Lipinski definition) is 1. The largest absolute Gasteiger partial charge is 0.507 e. The molecule has 1 amide bonds. The Morgan fingerprint density at radius 2 is 1.79 bits per heavy atom. The Morgan fingerprint density at radius 1 is 1.03 bits per heavy atom. The second-order valence-electron chi connectivity index (χ2n) is 8.71. The van der Waals surface area contributed by atoms with Gasteiger partial charge in [0.05, 0.1) is 31.0 Å². The fourth-order valence-corrected chi connectivity index (χ4v) is 4.88. The van der Waals surface area contributed by atoms with Crippen LogP contribution in [0.2, 0.25) is 0 Å². The number of aliphatic hydroxyl groups is 1. The summed E-state index contributed by atoms with van der Waals surface area (Å²) >= 11 is 0. The summed E-state index contributed by atoms with van der Waals surface area (Å²) in [5.41, 5.74) is 4.52. The molecule has 0 bridgehead atoms. The molecule has 5 rings (SSSR count). The van der Waals surface area contributed by atoms with Crippen LogP contribution in [0.25, 0.3) is 5.76 Å². The fraction of sp³-hybridized carbons (Fsp3) is 0.250. The Balaban J connectivity index is 1.62. The minimum Gasteiger partial charge on any atom is -0.507 e. The lowest BCUT2D eigenvalue weighted by molar-refractivity contribution is -0.140. The van der Waals surface area contributed by atoms with Crippen LogP contribution in [0.5, 0.6) is 5.75 Å². The van der Waals surface area contributed by atoms with Gasteiger partial charge in [-0.05, 0) is 72.7 Å². The lowest BCUT2D eigenvalue weighted by Crippen LogP contribution is -2.29. The molecule has 2 aromatic carbocycles. The first kappa shape index (κ1) is 21.9. The van der Waals surface area contributed by atoms with Crippen molar-refractivity contribution >= 4 is 17.4 Å². The SMILES string of the molecule is COc1ccc(C2/C(=C(/O)c3ccc4c(c3)CCCC4)C(=O)C(=O)N2Cc2ccccn2)cc1. The maximum absolute atomic E-state index is 13.3. The van der Waals surface area contributed by atoms with Crippen molar-refractivity contribution in [3.8, 4) is 5.75 Å². The van der Waals surface area contributed by atoms with Crippen molar-refractivity contribution in [1.82, 2.24) is 9.88 Å². The van der Waals surface area contributed by atoms with E-state index in [9.17, 15) is 14.7 Å². The van der Waals surface area contributed by atoms with Gasteiger partial charge in [-0.15, -0.1) is 0 Å². The number of amides is 1. The number of carbonyl (C=O) groups is 2. The van der Waals surface area contributed by atoms with Crippen LogP contribution in [-0.4, -0.2) is 33.8 Å². The smallest absolute Gasteiger partial charge is 0.296 e. The Kier molecular flexibility index (Phi) is 5.88. The molecule has 1 aliphatic carbocycles. The number of fused-ring (bicyclic) bond motifs is 1. The van der Waals surface area contributed by atoms with Gasteiger partial charge in [-0.1, -0.05) is 30.3 Å². The highest BCUT2D eigenvalue weighted by Gasteiger charge is 2.46. The Morgan fingerprint density at radius 3 is 2.50 bits per heavy atom. The van der Waals surface area contributed by atoms with E-state index in [2.05, 4.69) is 4.98 Å². The van der Waals surface area contributed by atoms with Crippen molar-refractivity contribution in [1.29, 1.82) is 0 Å². The molecule has 0 saturated carbocycles. The van der Waals surface area contributed by atoms with Crippen LogP contribution in [0.1, 0.15) is 46.8 Å². The number of benzene rings is 2. The number of ketones is 1. The van der Waals surface area contributed by atoms with Gasteiger partial charge in [0.1, 0.15) is 11.5 Å². The van der Waals surface area contributed by atoms with Gasteiger partial charge in [0.25, 0.3) is 11.7 Å². The molecule has 1 aliphatic heterocycles. The quantitative estimate of drug-likeness (QED) is 0.347. The number of carbonyl (C=O) groups excluding carboxylic acids is 2. The molecule has 1 fully saturated rings. The van der Waals surface area contributed by atoms with E-state index in [1.54, 1.807) is 31.5 Å². The van der Waals surface area contributed by atoms with Gasteiger partial charge < -0.3 is 14.7 Å². The predicted octanol–water partition coefficient (Wildman–Crippen LogP) is 4.59. The summed E-state index contributed by atoms with van der Waals surface area (Å²) in [6.45, 7) is 0.156. The zero-order valence-electron chi connectivity index (χ0n) is 19.0. The number of likely N-dealkylation sites (tertiary alicyclic amines) is 1.